The van der Waals surface area contributed by atoms with E-state index in [-0.39, 0.29) is 0 Å². The Morgan fingerprint density at radius 1 is 1.08 bits per heavy atom. The Labute approximate surface area is 158 Å². The molecule has 0 aliphatic heterocycles. The van der Waals surface area contributed by atoms with Crippen molar-refractivity contribution in [3.05, 3.63) is 63.7 Å². The van der Waals surface area contributed by atoms with E-state index in [0.717, 1.165) is 20.7 Å². The maximum atomic E-state index is 6.29. The molecule has 124 valence electrons. The van der Waals surface area contributed by atoms with E-state index in [2.05, 4.69) is 21.4 Å². The quantitative estimate of drug-likeness (QED) is 0.461. The lowest BCUT2D eigenvalue weighted by molar-refractivity contribution is 1.21. The van der Waals surface area contributed by atoms with E-state index in [1.54, 1.807) is 41.9 Å². The molecule has 0 saturated carbocycles. The van der Waals surface area contributed by atoms with Gasteiger partial charge in [-0.2, -0.15) is 0 Å². The monoisotopic (exact) mass is 386 g/mol. The van der Waals surface area contributed by atoms with Crippen LogP contribution in [0.4, 0.5) is 11.5 Å². The lowest BCUT2D eigenvalue weighted by Crippen LogP contribution is -1.98. The van der Waals surface area contributed by atoms with Crippen molar-refractivity contribution in [2.45, 2.75) is 6.92 Å². The number of thiophene rings is 1. The smallest absolute Gasteiger partial charge is 0.164 e. The van der Waals surface area contributed by atoms with Gasteiger partial charge in [0, 0.05) is 27.9 Å². The van der Waals surface area contributed by atoms with Gasteiger partial charge in [0.05, 0.1) is 16.1 Å². The molecule has 0 saturated heterocycles. The highest BCUT2D eigenvalue weighted by atomic mass is 35.5. The summed E-state index contributed by atoms with van der Waals surface area (Å²) < 4.78 is 0. The van der Waals surface area contributed by atoms with Crippen LogP contribution < -0.4 is 5.32 Å². The number of rotatable bonds is 3. The number of anilines is 2. The molecule has 4 rings (SSSR count). The molecule has 0 bridgehead atoms. The van der Waals surface area contributed by atoms with Gasteiger partial charge in [0.2, 0.25) is 0 Å². The van der Waals surface area contributed by atoms with Crippen LogP contribution in [0.5, 0.6) is 0 Å². The highest BCUT2D eigenvalue weighted by Gasteiger charge is 2.13. The third-order valence-electron chi connectivity index (χ3n) is 3.62. The predicted octanol–water partition coefficient (Wildman–Crippen LogP) is 6.11. The number of hydrogen-bond donors (Lipinski definition) is 1. The molecule has 0 aliphatic carbocycles. The Kier molecular flexibility index (Phi) is 4.29. The van der Waals surface area contributed by atoms with Crippen molar-refractivity contribution in [2.75, 3.05) is 5.32 Å². The van der Waals surface area contributed by atoms with Crippen LogP contribution in [-0.4, -0.2) is 15.0 Å². The van der Waals surface area contributed by atoms with Gasteiger partial charge in [0.15, 0.2) is 5.82 Å². The van der Waals surface area contributed by atoms with Gasteiger partial charge in [-0.15, -0.1) is 11.3 Å². The van der Waals surface area contributed by atoms with Crippen LogP contribution in [0.25, 0.3) is 21.6 Å². The number of fused-ring (bicyclic) bond motifs is 1. The van der Waals surface area contributed by atoms with Crippen molar-refractivity contribution in [3.63, 3.8) is 0 Å². The molecule has 0 spiro atoms. The van der Waals surface area contributed by atoms with Gasteiger partial charge in [-0.1, -0.05) is 23.2 Å². The second-order valence-corrected chi connectivity index (χ2v) is 7.54. The Morgan fingerprint density at radius 3 is 2.76 bits per heavy atom. The normalized spacial score (nSPS) is 11.0. The highest BCUT2D eigenvalue weighted by molar-refractivity contribution is 7.18. The SMILES string of the molecule is Cc1cc2c(Nc3cc(Cl)ccc3Cl)nc(-c3cccnc3)nc2s1. The first-order chi connectivity index (χ1) is 12.1. The fourth-order valence-electron chi connectivity index (χ4n) is 2.48. The summed E-state index contributed by atoms with van der Waals surface area (Å²) in [6.07, 6.45) is 3.47. The third-order valence-corrected chi connectivity index (χ3v) is 5.13. The summed E-state index contributed by atoms with van der Waals surface area (Å²) in [5.41, 5.74) is 1.56. The number of pyridine rings is 1. The molecule has 1 aromatic carbocycles. The van der Waals surface area contributed by atoms with E-state index >= 15 is 0 Å². The van der Waals surface area contributed by atoms with Gasteiger partial charge in [-0.05, 0) is 43.3 Å². The van der Waals surface area contributed by atoms with Crippen molar-refractivity contribution in [2.24, 2.45) is 0 Å². The number of benzene rings is 1. The topological polar surface area (TPSA) is 50.7 Å². The molecule has 4 nitrogen and oxygen atoms in total. The second kappa shape index (κ2) is 6.59. The number of halogens is 2. The first-order valence-corrected chi connectivity index (χ1v) is 9.08. The van der Waals surface area contributed by atoms with Crippen LogP contribution in [0.15, 0.2) is 48.8 Å². The molecule has 4 aromatic rings. The maximum Gasteiger partial charge on any atom is 0.164 e. The molecule has 0 unspecified atom stereocenters. The molecule has 1 N–H and O–H groups in total. The second-order valence-electron chi connectivity index (χ2n) is 5.46. The predicted molar refractivity (Wildman–Crippen MR) is 105 cm³/mol. The average Bonchev–Trinajstić information content (AvgIpc) is 2.99. The Hall–Kier alpha value is -2.21. The summed E-state index contributed by atoms with van der Waals surface area (Å²) in [5.74, 6) is 1.31. The number of hydrogen-bond acceptors (Lipinski definition) is 5. The van der Waals surface area contributed by atoms with E-state index in [9.17, 15) is 0 Å². The molecule has 0 radical (unpaired) electrons. The summed E-state index contributed by atoms with van der Waals surface area (Å²) in [7, 11) is 0. The fourth-order valence-corrected chi connectivity index (χ4v) is 3.70. The van der Waals surface area contributed by atoms with Gasteiger partial charge in [0.1, 0.15) is 10.6 Å². The molecule has 0 fully saturated rings. The first-order valence-electron chi connectivity index (χ1n) is 7.51. The van der Waals surface area contributed by atoms with E-state index < -0.39 is 0 Å². The lowest BCUT2D eigenvalue weighted by atomic mass is 10.2. The minimum atomic E-state index is 0.575. The van der Waals surface area contributed by atoms with E-state index in [1.165, 1.54) is 0 Å². The molecule has 0 aliphatic rings. The van der Waals surface area contributed by atoms with Crippen LogP contribution in [0.1, 0.15) is 4.88 Å². The molecule has 0 atom stereocenters. The van der Waals surface area contributed by atoms with Gasteiger partial charge in [-0.25, -0.2) is 9.97 Å². The number of nitrogens with zero attached hydrogens (tertiary/aromatic N) is 3. The summed E-state index contributed by atoms with van der Waals surface area (Å²) in [5, 5.41) is 5.43. The number of aryl methyl sites for hydroxylation is 1. The molecule has 7 heteroatoms. The fraction of sp³-hybridized carbons (Fsp3) is 0.0556. The Bertz CT molecular complexity index is 1060. The van der Waals surface area contributed by atoms with Crippen molar-refractivity contribution >= 4 is 56.3 Å². The van der Waals surface area contributed by atoms with Crippen molar-refractivity contribution in [3.8, 4) is 11.4 Å². The van der Waals surface area contributed by atoms with Crippen LogP contribution in [0.3, 0.4) is 0 Å². The molecule has 25 heavy (non-hydrogen) atoms. The van der Waals surface area contributed by atoms with Crippen molar-refractivity contribution in [1.29, 1.82) is 0 Å². The zero-order valence-corrected chi connectivity index (χ0v) is 15.5. The van der Waals surface area contributed by atoms with Crippen LogP contribution >= 0.6 is 34.5 Å². The zero-order chi connectivity index (χ0) is 17.4. The third kappa shape index (κ3) is 3.31. The summed E-state index contributed by atoms with van der Waals surface area (Å²) in [6, 6.07) is 11.1. The Balaban J connectivity index is 1.88. The minimum Gasteiger partial charge on any atom is -0.338 e. The maximum absolute atomic E-state index is 6.29. The number of nitrogens with one attached hydrogen (secondary N) is 1. The lowest BCUT2D eigenvalue weighted by Gasteiger charge is -2.10. The first kappa shape index (κ1) is 16.3. The average molecular weight is 387 g/mol. The molecule has 0 amide bonds. The summed E-state index contributed by atoms with van der Waals surface area (Å²) >= 11 is 14.0. The molecule has 3 aromatic heterocycles. The Morgan fingerprint density at radius 2 is 1.96 bits per heavy atom. The van der Waals surface area contributed by atoms with Crippen LogP contribution in [0, 0.1) is 6.92 Å². The molecular formula is C18H12Cl2N4S. The minimum absolute atomic E-state index is 0.575. The van der Waals surface area contributed by atoms with Crippen LogP contribution in [0.2, 0.25) is 10.0 Å². The molecule has 3 heterocycles. The van der Waals surface area contributed by atoms with E-state index in [0.29, 0.717) is 27.4 Å². The standard InChI is InChI=1S/C18H12Cl2N4S/c1-10-7-13-17(22-15-8-12(19)4-5-14(15)20)23-16(24-18(13)25-10)11-3-2-6-21-9-11/h2-9H,1H3,(H,22,23,24). The largest absolute Gasteiger partial charge is 0.338 e. The van der Waals surface area contributed by atoms with Crippen molar-refractivity contribution in [1.82, 2.24) is 15.0 Å². The van der Waals surface area contributed by atoms with Gasteiger partial charge < -0.3 is 5.32 Å². The highest BCUT2D eigenvalue weighted by Crippen LogP contribution is 2.34. The van der Waals surface area contributed by atoms with Crippen LogP contribution in [-0.2, 0) is 0 Å². The van der Waals surface area contributed by atoms with E-state index in [4.69, 9.17) is 28.2 Å². The molecular weight excluding hydrogens is 375 g/mol. The van der Waals surface area contributed by atoms with E-state index in [1.807, 2.05) is 19.1 Å². The summed E-state index contributed by atoms with van der Waals surface area (Å²) in [6.45, 7) is 2.05. The zero-order valence-electron chi connectivity index (χ0n) is 13.1. The number of aromatic nitrogens is 3. The van der Waals surface area contributed by atoms with Gasteiger partial charge >= 0.3 is 0 Å². The van der Waals surface area contributed by atoms with Crippen molar-refractivity contribution < 1.29 is 0 Å². The van der Waals surface area contributed by atoms with Gasteiger partial charge in [0.25, 0.3) is 0 Å². The van der Waals surface area contributed by atoms with Gasteiger partial charge in [-0.3, -0.25) is 4.98 Å². The summed E-state index contributed by atoms with van der Waals surface area (Å²) in [4.78, 5) is 15.6.